The molecule has 0 rings (SSSR count). The van der Waals surface area contributed by atoms with Crippen LogP contribution in [0.3, 0.4) is 0 Å². The summed E-state index contributed by atoms with van der Waals surface area (Å²) < 4.78 is 9.33. The van der Waals surface area contributed by atoms with Gasteiger partial charge in [-0.1, -0.05) is 13.2 Å². The first kappa shape index (κ1) is 16.3. The van der Waals surface area contributed by atoms with E-state index in [9.17, 15) is 24.9 Å². The van der Waals surface area contributed by atoms with Crippen molar-refractivity contribution in [3.63, 3.8) is 0 Å². The van der Waals surface area contributed by atoms with Gasteiger partial charge < -0.3 is 24.8 Å². The second-order valence-electron chi connectivity index (χ2n) is 3.65. The Hall–Kier alpha value is -1.70. The number of aliphatic hydroxyl groups is 3. The lowest BCUT2D eigenvalue weighted by Crippen LogP contribution is -2.61. The molecule has 102 valence electrons. The van der Waals surface area contributed by atoms with Gasteiger partial charge in [0.2, 0.25) is 5.60 Å². The van der Waals surface area contributed by atoms with Crippen LogP contribution in [0.15, 0.2) is 25.3 Å². The number of esters is 2. The van der Waals surface area contributed by atoms with Crippen LogP contribution < -0.4 is 0 Å². The van der Waals surface area contributed by atoms with E-state index in [0.717, 1.165) is 19.1 Å². The molecule has 2 atom stereocenters. The largest absolute Gasteiger partial charge is 0.455 e. The van der Waals surface area contributed by atoms with Crippen molar-refractivity contribution in [2.24, 2.45) is 0 Å². The third kappa shape index (κ3) is 3.66. The van der Waals surface area contributed by atoms with Crippen molar-refractivity contribution in [2.75, 3.05) is 0 Å². The fourth-order valence-electron chi connectivity index (χ4n) is 1.01. The van der Waals surface area contributed by atoms with Crippen LogP contribution in [0.2, 0.25) is 0 Å². The maximum atomic E-state index is 11.1. The van der Waals surface area contributed by atoms with Crippen molar-refractivity contribution in [3.05, 3.63) is 25.3 Å². The van der Waals surface area contributed by atoms with E-state index in [0.29, 0.717) is 0 Å². The maximum absolute atomic E-state index is 11.1. The predicted molar refractivity (Wildman–Crippen MR) is 59.8 cm³/mol. The fraction of sp³-hybridized carbons (Fsp3) is 0.455. The molecular weight excluding hydrogens is 244 g/mol. The molecule has 0 heterocycles. The van der Waals surface area contributed by atoms with Gasteiger partial charge in [0.1, 0.15) is 6.10 Å². The molecule has 7 nitrogen and oxygen atoms in total. The van der Waals surface area contributed by atoms with E-state index in [1.807, 2.05) is 0 Å². The molecule has 18 heavy (non-hydrogen) atoms. The summed E-state index contributed by atoms with van der Waals surface area (Å²) in [5, 5.41) is 27.7. The Balaban J connectivity index is 5.21. The quantitative estimate of drug-likeness (QED) is 0.326. The first-order chi connectivity index (χ1) is 8.08. The Labute approximate surface area is 104 Å². The van der Waals surface area contributed by atoms with Gasteiger partial charge in [0.25, 0.3) is 0 Å². The highest BCUT2D eigenvalue weighted by atomic mass is 16.7. The molecule has 0 aromatic rings. The molecule has 0 radical (unpaired) electrons. The van der Waals surface area contributed by atoms with E-state index in [-0.39, 0.29) is 0 Å². The minimum absolute atomic E-state index is 0.756. The molecular formula is C11H16O7. The summed E-state index contributed by atoms with van der Waals surface area (Å²) in [5.74, 6) is -5.32. The lowest BCUT2D eigenvalue weighted by atomic mass is 9.96. The molecule has 7 heteroatoms. The zero-order valence-corrected chi connectivity index (χ0v) is 10.1. The lowest BCUT2D eigenvalue weighted by molar-refractivity contribution is -0.399. The number of hydrogen-bond donors (Lipinski definition) is 3. The first-order valence-electron chi connectivity index (χ1n) is 4.94. The van der Waals surface area contributed by atoms with Crippen molar-refractivity contribution in [3.8, 4) is 0 Å². The summed E-state index contributed by atoms with van der Waals surface area (Å²) in [4.78, 5) is 22.1. The van der Waals surface area contributed by atoms with Crippen molar-refractivity contribution in [2.45, 2.75) is 31.5 Å². The highest BCUT2D eigenvalue weighted by Crippen LogP contribution is 2.28. The fourth-order valence-corrected chi connectivity index (χ4v) is 1.01. The minimum atomic E-state index is -3.41. The van der Waals surface area contributed by atoms with Crippen LogP contribution in [0, 0.1) is 0 Å². The van der Waals surface area contributed by atoms with Crippen LogP contribution in [0.25, 0.3) is 0 Å². The SMILES string of the molecule is C=CC(=O)OC(C)C(C)(OC(=O)C=C)C(O)(O)O. The summed E-state index contributed by atoms with van der Waals surface area (Å²) in [5.41, 5.74) is -2.29. The molecule has 0 fully saturated rings. The standard InChI is InChI=1S/C11H16O7/c1-5-8(12)17-7(3)10(4,11(14,15)16)18-9(13)6-2/h5-7,14-16H,1-2H2,3-4H3. The third-order valence-corrected chi connectivity index (χ3v) is 2.38. The molecule has 0 aliphatic carbocycles. The van der Waals surface area contributed by atoms with E-state index in [2.05, 4.69) is 22.6 Å². The monoisotopic (exact) mass is 260 g/mol. The molecule has 0 aromatic heterocycles. The Bertz CT molecular complexity index is 355. The smallest absolute Gasteiger partial charge is 0.331 e. The van der Waals surface area contributed by atoms with E-state index in [1.165, 1.54) is 6.92 Å². The summed E-state index contributed by atoms with van der Waals surface area (Å²) in [6.45, 7) is 8.45. The molecule has 0 aliphatic heterocycles. The molecule has 0 saturated heterocycles. The Morgan fingerprint density at radius 2 is 1.61 bits per heavy atom. The number of hydrogen-bond acceptors (Lipinski definition) is 7. The van der Waals surface area contributed by atoms with Crippen LogP contribution in [0.1, 0.15) is 13.8 Å². The van der Waals surface area contributed by atoms with Gasteiger partial charge in [-0.2, -0.15) is 0 Å². The summed E-state index contributed by atoms with van der Waals surface area (Å²) in [6, 6.07) is 0. The summed E-state index contributed by atoms with van der Waals surface area (Å²) in [6.07, 6.45) is 0.235. The van der Waals surface area contributed by atoms with Crippen molar-refractivity contribution >= 4 is 11.9 Å². The average Bonchev–Trinajstić information content (AvgIpc) is 2.26. The van der Waals surface area contributed by atoms with Gasteiger partial charge in [0.05, 0.1) is 0 Å². The lowest BCUT2D eigenvalue weighted by Gasteiger charge is -2.39. The van der Waals surface area contributed by atoms with Gasteiger partial charge in [-0.05, 0) is 13.8 Å². The molecule has 3 N–H and O–H groups in total. The maximum Gasteiger partial charge on any atom is 0.331 e. The second kappa shape index (κ2) is 5.76. The van der Waals surface area contributed by atoms with E-state index >= 15 is 0 Å². The van der Waals surface area contributed by atoms with Crippen LogP contribution in [0.4, 0.5) is 0 Å². The molecule has 0 aliphatic rings. The Kier molecular flexibility index (Phi) is 5.22. The molecule has 0 aromatic carbocycles. The summed E-state index contributed by atoms with van der Waals surface area (Å²) in [7, 11) is 0. The molecule has 0 amide bonds. The molecule has 0 saturated carbocycles. The van der Waals surface area contributed by atoms with Crippen LogP contribution in [-0.2, 0) is 19.1 Å². The molecule has 2 unspecified atom stereocenters. The van der Waals surface area contributed by atoms with Gasteiger partial charge >= 0.3 is 17.9 Å². The van der Waals surface area contributed by atoms with Gasteiger partial charge in [-0.15, -0.1) is 0 Å². The first-order valence-corrected chi connectivity index (χ1v) is 4.94. The third-order valence-electron chi connectivity index (χ3n) is 2.38. The second-order valence-corrected chi connectivity index (χ2v) is 3.65. The number of ether oxygens (including phenoxy) is 2. The highest BCUT2D eigenvalue weighted by molar-refractivity contribution is 5.82. The van der Waals surface area contributed by atoms with Gasteiger partial charge in [0.15, 0.2) is 0 Å². The van der Waals surface area contributed by atoms with Crippen molar-refractivity contribution in [1.29, 1.82) is 0 Å². The van der Waals surface area contributed by atoms with E-state index in [4.69, 9.17) is 0 Å². The number of carbonyl (C=O) groups is 2. The number of rotatable bonds is 6. The average molecular weight is 260 g/mol. The zero-order chi connectivity index (χ0) is 14.6. The normalized spacial score (nSPS) is 16.1. The Morgan fingerprint density at radius 3 is 1.94 bits per heavy atom. The van der Waals surface area contributed by atoms with Crippen LogP contribution in [0.5, 0.6) is 0 Å². The minimum Gasteiger partial charge on any atom is -0.455 e. The van der Waals surface area contributed by atoms with Gasteiger partial charge in [-0.25, -0.2) is 9.59 Å². The zero-order valence-electron chi connectivity index (χ0n) is 10.1. The van der Waals surface area contributed by atoms with Crippen LogP contribution in [-0.4, -0.2) is 44.9 Å². The molecule has 0 spiro atoms. The van der Waals surface area contributed by atoms with Crippen molar-refractivity contribution in [1.82, 2.24) is 0 Å². The van der Waals surface area contributed by atoms with E-state index < -0.39 is 29.6 Å². The van der Waals surface area contributed by atoms with Gasteiger partial charge in [0, 0.05) is 12.2 Å². The summed E-state index contributed by atoms with van der Waals surface area (Å²) >= 11 is 0. The molecule has 0 bridgehead atoms. The van der Waals surface area contributed by atoms with Gasteiger partial charge in [-0.3, -0.25) is 0 Å². The predicted octanol–water partition coefficient (Wildman–Crippen LogP) is -0.777. The Morgan fingerprint density at radius 1 is 1.17 bits per heavy atom. The topological polar surface area (TPSA) is 113 Å². The van der Waals surface area contributed by atoms with Crippen molar-refractivity contribution < 1.29 is 34.4 Å². The van der Waals surface area contributed by atoms with E-state index in [1.54, 1.807) is 0 Å². The number of carbonyl (C=O) groups excluding carboxylic acids is 2. The highest BCUT2D eigenvalue weighted by Gasteiger charge is 2.54. The van der Waals surface area contributed by atoms with Crippen LogP contribution >= 0.6 is 0 Å².